The molecule has 4 heteroatoms. The molecular formula is C22H26N2O2. The Labute approximate surface area is 155 Å². The summed E-state index contributed by atoms with van der Waals surface area (Å²) < 4.78 is 6.00. The molecule has 2 saturated heterocycles. The number of amides is 1. The van der Waals surface area contributed by atoms with Crippen LogP contribution in [0.15, 0.2) is 54.6 Å². The molecule has 0 unspecified atom stereocenters. The van der Waals surface area contributed by atoms with Gasteiger partial charge in [0, 0.05) is 24.7 Å². The van der Waals surface area contributed by atoms with Crippen molar-refractivity contribution in [1.82, 2.24) is 9.80 Å². The van der Waals surface area contributed by atoms with Crippen LogP contribution in [0, 0.1) is 5.92 Å². The van der Waals surface area contributed by atoms with Gasteiger partial charge in [0.15, 0.2) is 0 Å². The molecule has 0 spiro atoms. The van der Waals surface area contributed by atoms with Crippen LogP contribution in [0.25, 0.3) is 0 Å². The Morgan fingerprint density at radius 2 is 1.85 bits per heavy atom. The molecule has 26 heavy (non-hydrogen) atoms. The highest BCUT2D eigenvalue weighted by molar-refractivity contribution is 5.80. The predicted octanol–water partition coefficient (Wildman–Crippen LogP) is 2.97. The molecule has 0 aromatic heterocycles. The summed E-state index contributed by atoms with van der Waals surface area (Å²) in [5, 5.41) is 0. The van der Waals surface area contributed by atoms with E-state index in [9.17, 15) is 4.79 Å². The number of carbonyl (C=O) groups is 1. The molecular weight excluding hydrogens is 324 g/mol. The number of hydrogen-bond acceptors (Lipinski definition) is 3. The average molecular weight is 350 g/mol. The Morgan fingerprint density at radius 1 is 1.08 bits per heavy atom. The van der Waals surface area contributed by atoms with Crippen molar-refractivity contribution in [3.63, 3.8) is 0 Å². The van der Waals surface area contributed by atoms with Gasteiger partial charge in [-0.25, -0.2) is 0 Å². The topological polar surface area (TPSA) is 32.8 Å². The zero-order valence-electron chi connectivity index (χ0n) is 15.3. The Kier molecular flexibility index (Phi) is 4.93. The van der Waals surface area contributed by atoms with E-state index in [1.165, 1.54) is 6.42 Å². The third-order valence-corrected chi connectivity index (χ3v) is 5.73. The number of nitrogens with zero attached hydrogens (tertiary/aromatic N) is 2. The Balaban J connectivity index is 1.39. The van der Waals surface area contributed by atoms with Crippen LogP contribution in [0.1, 0.15) is 17.5 Å². The molecule has 2 aliphatic rings. The molecule has 2 heterocycles. The summed E-state index contributed by atoms with van der Waals surface area (Å²) in [5.74, 6) is 1.67. The number of para-hydroxylation sites is 1. The van der Waals surface area contributed by atoms with Gasteiger partial charge in [-0.05, 0) is 37.6 Å². The van der Waals surface area contributed by atoms with Crippen LogP contribution in [0.4, 0.5) is 0 Å². The Morgan fingerprint density at radius 3 is 2.65 bits per heavy atom. The van der Waals surface area contributed by atoms with Crippen molar-refractivity contribution in [3.8, 4) is 5.75 Å². The van der Waals surface area contributed by atoms with Gasteiger partial charge in [0.2, 0.25) is 5.91 Å². The molecule has 0 bridgehead atoms. The first-order chi connectivity index (χ1) is 12.7. The predicted molar refractivity (Wildman–Crippen MR) is 102 cm³/mol. The number of ether oxygens (including phenoxy) is 1. The standard InChI is InChI=1S/C22H26N2O2/c1-23-12-11-19-14-24(15-20(19)23)22(25)13-18-9-5-6-10-21(18)26-16-17-7-3-2-4-8-17/h2-10,19-20H,11-16H2,1H3/t19-,20+/m1/s1. The lowest BCUT2D eigenvalue weighted by Gasteiger charge is -2.21. The van der Waals surface area contributed by atoms with Crippen molar-refractivity contribution >= 4 is 5.91 Å². The number of benzene rings is 2. The summed E-state index contributed by atoms with van der Waals surface area (Å²) in [6.07, 6.45) is 1.62. The first-order valence-corrected chi connectivity index (χ1v) is 9.43. The fourth-order valence-corrected chi connectivity index (χ4v) is 4.18. The summed E-state index contributed by atoms with van der Waals surface area (Å²) in [6.45, 7) is 3.45. The molecule has 0 N–H and O–H groups in total. The van der Waals surface area contributed by atoms with Crippen LogP contribution in [0.2, 0.25) is 0 Å². The second kappa shape index (κ2) is 7.50. The molecule has 136 valence electrons. The van der Waals surface area contributed by atoms with Gasteiger partial charge >= 0.3 is 0 Å². The first-order valence-electron chi connectivity index (χ1n) is 9.43. The summed E-state index contributed by atoms with van der Waals surface area (Å²) in [7, 11) is 2.17. The van der Waals surface area contributed by atoms with Crippen molar-refractivity contribution < 1.29 is 9.53 Å². The normalized spacial score (nSPS) is 22.4. The third kappa shape index (κ3) is 3.61. The molecule has 2 aromatic rings. The molecule has 1 amide bonds. The highest BCUT2D eigenvalue weighted by atomic mass is 16.5. The lowest BCUT2D eigenvalue weighted by molar-refractivity contribution is -0.129. The molecule has 0 radical (unpaired) electrons. The Hall–Kier alpha value is -2.33. The molecule has 2 aliphatic heterocycles. The molecule has 2 atom stereocenters. The number of likely N-dealkylation sites (tertiary alicyclic amines) is 2. The van der Waals surface area contributed by atoms with Crippen LogP contribution < -0.4 is 4.74 Å². The minimum absolute atomic E-state index is 0.212. The summed E-state index contributed by atoms with van der Waals surface area (Å²) in [6, 6.07) is 18.6. The van der Waals surface area contributed by atoms with Gasteiger partial charge in [0.25, 0.3) is 0 Å². The van der Waals surface area contributed by atoms with Crippen LogP contribution >= 0.6 is 0 Å². The van der Waals surface area contributed by atoms with E-state index in [1.807, 2.05) is 59.5 Å². The van der Waals surface area contributed by atoms with E-state index in [1.54, 1.807) is 0 Å². The smallest absolute Gasteiger partial charge is 0.227 e. The van der Waals surface area contributed by atoms with Gasteiger partial charge < -0.3 is 14.5 Å². The summed E-state index contributed by atoms with van der Waals surface area (Å²) >= 11 is 0. The largest absolute Gasteiger partial charge is 0.489 e. The minimum atomic E-state index is 0.212. The van der Waals surface area contributed by atoms with Crippen molar-refractivity contribution in [2.45, 2.75) is 25.5 Å². The number of hydrogen-bond donors (Lipinski definition) is 0. The van der Waals surface area contributed by atoms with E-state index in [4.69, 9.17) is 4.74 Å². The number of likely N-dealkylation sites (N-methyl/N-ethyl adjacent to an activating group) is 1. The number of carbonyl (C=O) groups excluding carboxylic acids is 1. The number of rotatable bonds is 5. The van der Waals surface area contributed by atoms with Gasteiger partial charge in [0.05, 0.1) is 6.42 Å². The van der Waals surface area contributed by atoms with Crippen molar-refractivity contribution in [3.05, 3.63) is 65.7 Å². The monoisotopic (exact) mass is 350 g/mol. The molecule has 0 saturated carbocycles. The van der Waals surface area contributed by atoms with Crippen molar-refractivity contribution in [2.75, 3.05) is 26.7 Å². The second-order valence-corrected chi connectivity index (χ2v) is 7.45. The average Bonchev–Trinajstić information content (AvgIpc) is 3.24. The van der Waals surface area contributed by atoms with E-state index >= 15 is 0 Å². The second-order valence-electron chi connectivity index (χ2n) is 7.45. The first kappa shape index (κ1) is 17.1. The molecule has 0 aliphatic carbocycles. The highest BCUT2D eigenvalue weighted by Crippen LogP contribution is 2.31. The van der Waals surface area contributed by atoms with Gasteiger partial charge in [0.1, 0.15) is 12.4 Å². The molecule has 2 fully saturated rings. The van der Waals surface area contributed by atoms with Crippen LogP contribution in [0.3, 0.4) is 0 Å². The van der Waals surface area contributed by atoms with E-state index in [-0.39, 0.29) is 5.91 Å². The zero-order chi connectivity index (χ0) is 17.9. The third-order valence-electron chi connectivity index (χ3n) is 5.73. The SMILES string of the molecule is CN1CC[C@@H]2CN(C(=O)Cc3ccccc3OCc3ccccc3)C[C@@H]21. The minimum Gasteiger partial charge on any atom is -0.489 e. The van der Waals surface area contributed by atoms with E-state index in [0.29, 0.717) is 25.0 Å². The lowest BCUT2D eigenvalue weighted by atomic mass is 10.1. The van der Waals surface area contributed by atoms with E-state index < -0.39 is 0 Å². The summed E-state index contributed by atoms with van der Waals surface area (Å²) in [5.41, 5.74) is 2.10. The quantitative estimate of drug-likeness (QED) is 0.831. The van der Waals surface area contributed by atoms with Crippen LogP contribution in [-0.4, -0.2) is 48.4 Å². The maximum atomic E-state index is 12.8. The van der Waals surface area contributed by atoms with Crippen molar-refractivity contribution in [1.29, 1.82) is 0 Å². The molecule has 4 nitrogen and oxygen atoms in total. The van der Waals surface area contributed by atoms with Gasteiger partial charge in [-0.2, -0.15) is 0 Å². The summed E-state index contributed by atoms with van der Waals surface area (Å²) in [4.78, 5) is 17.3. The highest BCUT2D eigenvalue weighted by Gasteiger charge is 2.41. The van der Waals surface area contributed by atoms with Crippen LogP contribution in [0.5, 0.6) is 5.75 Å². The fraction of sp³-hybridized carbons (Fsp3) is 0.409. The van der Waals surface area contributed by atoms with Crippen molar-refractivity contribution in [2.24, 2.45) is 5.92 Å². The van der Waals surface area contributed by atoms with Crippen LogP contribution in [-0.2, 0) is 17.8 Å². The molecule has 4 rings (SSSR count). The fourth-order valence-electron chi connectivity index (χ4n) is 4.18. The number of fused-ring (bicyclic) bond motifs is 1. The van der Waals surface area contributed by atoms with Gasteiger partial charge in [-0.3, -0.25) is 4.79 Å². The zero-order valence-corrected chi connectivity index (χ0v) is 15.3. The maximum Gasteiger partial charge on any atom is 0.227 e. The van der Waals surface area contributed by atoms with E-state index in [2.05, 4.69) is 11.9 Å². The maximum absolute atomic E-state index is 12.8. The van der Waals surface area contributed by atoms with E-state index in [0.717, 1.165) is 36.5 Å². The molecule has 2 aromatic carbocycles. The Bertz CT molecular complexity index is 762. The van der Waals surface area contributed by atoms with Gasteiger partial charge in [-0.1, -0.05) is 48.5 Å². The lowest BCUT2D eigenvalue weighted by Crippen LogP contribution is -2.35. The van der Waals surface area contributed by atoms with Gasteiger partial charge in [-0.15, -0.1) is 0 Å².